The number of benzene rings is 2. The summed E-state index contributed by atoms with van der Waals surface area (Å²) in [5, 5.41) is 0. The van der Waals surface area contributed by atoms with Crippen molar-refractivity contribution in [2.45, 2.75) is 26.7 Å². The quantitative estimate of drug-likeness (QED) is 0.0767. The average molecular weight is 639 g/mol. The molecule has 0 bridgehead atoms. The van der Waals surface area contributed by atoms with Gasteiger partial charge in [-0.3, -0.25) is 0 Å². The normalized spacial score (nSPS) is 11.4. The summed E-state index contributed by atoms with van der Waals surface area (Å²) in [5.41, 5.74) is 4.93. The van der Waals surface area contributed by atoms with Crippen LogP contribution in [-0.2, 0) is 41.3 Å². The maximum Gasteiger partial charge on any atom is 0.0701 e. The first kappa shape index (κ1) is 34.5. The largest absolute Gasteiger partial charge is 0.379 e. The van der Waals surface area contributed by atoms with Crippen LogP contribution in [0.3, 0.4) is 0 Å². The molecule has 0 radical (unpaired) electrons. The van der Waals surface area contributed by atoms with Crippen molar-refractivity contribution in [1.82, 2.24) is 0 Å². The second-order valence-corrected chi connectivity index (χ2v) is 12.4. The molecule has 4 aromatic rings. The van der Waals surface area contributed by atoms with E-state index in [0.29, 0.717) is 66.1 Å². The molecule has 0 N–H and O–H groups in total. The number of hydrogen-bond donors (Lipinski definition) is 0. The van der Waals surface area contributed by atoms with Gasteiger partial charge < -0.3 is 28.4 Å². The van der Waals surface area contributed by atoms with Crippen LogP contribution in [0.4, 0.5) is 0 Å². The molecule has 0 saturated carbocycles. The van der Waals surface area contributed by atoms with Crippen molar-refractivity contribution in [3.8, 4) is 32.0 Å². The van der Waals surface area contributed by atoms with Crippen molar-refractivity contribution in [2.24, 2.45) is 0 Å². The van der Waals surface area contributed by atoms with Crippen molar-refractivity contribution >= 4 is 22.7 Å². The summed E-state index contributed by atoms with van der Waals surface area (Å²) in [7, 11) is 0. The number of hydrogen-bond acceptors (Lipinski definition) is 8. The van der Waals surface area contributed by atoms with E-state index in [-0.39, 0.29) is 0 Å². The van der Waals surface area contributed by atoms with E-state index in [9.17, 15) is 0 Å². The number of thiophene rings is 2. The van der Waals surface area contributed by atoms with Crippen LogP contribution >= 0.6 is 22.7 Å². The standard InChI is InChI=1S/C36H46O6S2/c1-3-37-21-23-41-27-25-39-19-17-33-13-15-35(43-33)31-9-5-29(6-10-31)30-7-11-32(12-8-30)36-16-14-34(44-36)18-20-40-26-28-42-24-22-38-4-2/h5-16H,3-4,17-28H2,1-2H3. The topological polar surface area (TPSA) is 55.4 Å². The van der Waals surface area contributed by atoms with Gasteiger partial charge in [0, 0.05) is 45.6 Å². The predicted molar refractivity (Wildman–Crippen MR) is 182 cm³/mol. The fourth-order valence-corrected chi connectivity index (χ4v) is 6.49. The van der Waals surface area contributed by atoms with Gasteiger partial charge in [-0.2, -0.15) is 0 Å². The van der Waals surface area contributed by atoms with Crippen LogP contribution in [0.1, 0.15) is 23.6 Å². The molecule has 2 heterocycles. The lowest BCUT2D eigenvalue weighted by Crippen LogP contribution is -2.10. The Morgan fingerprint density at radius 1 is 0.364 bits per heavy atom. The summed E-state index contributed by atoms with van der Waals surface area (Å²) in [6, 6.07) is 26.6. The second kappa shape index (κ2) is 20.6. The van der Waals surface area contributed by atoms with Gasteiger partial charge >= 0.3 is 0 Å². The third-order valence-corrected chi connectivity index (χ3v) is 9.27. The van der Waals surface area contributed by atoms with Crippen molar-refractivity contribution in [3.05, 3.63) is 82.6 Å². The van der Waals surface area contributed by atoms with Gasteiger partial charge in [0.1, 0.15) is 0 Å². The van der Waals surface area contributed by atoms with Crippen LogP contribution in [0.25, 0.3) is 32.0 Å². The van der Waals surface area contributed by atoms with Gasteiger partial charge in [-0.25, -0.2) is 0 Å². The highest BCUT2D eigenvalue weighted by Gasteiger charge is 2.07. The number of rotatable bonds is 23. The smallest absolute Gasteiger partial charge is 0.0701 e. The SMILES string of the molecule is CCOCCOCCOCCc1ccc(-c2ccc(-c3ccc(-c4ccc(CCOCCOCCOCC)s4)cc3)cc2)s1. The van der Waals surface area contributed by atoms with Crippen molar-refractivity contribution in [2.75, 3.05) is 79.3 Å². The highest BCUT2D eigenvalue weighted by molar-refractivity contribution is 7.15. The zero-order valence-corrected chi connectivity index (χ0v) is 27.7. The first-order valence-electron chi connectivity index (χ1n) is 15.6. The Morgan fingerprint density at radius 2 is 0.682 bits per heavy atom. The molecule has 0 spiro atoms. The van der Waals surface area contributed by atoms with Crippen molar-refractivity contribution in [1.29, 1.82) is 0 Å². The zero-order valence-electron chi connectivity index (χ0n) is 26.1. The Bertz CT molecular complexity index is 1200. The molecule has 8 heteroatoms. The maximum atomic E-state index is 5.73. The van der Waals surface area contributed by atoms with E-state index < -0.39 is 0 Å². The molecule has 0 aliphatic heterocycles. The van der Waals surface area contributed by atoms with Crippen LogP contribution in [0.5, 0.6) is 0 Å². The molecule has 6 nitrogen and oxygen atoms in total. The predicted octanol–water partition coefficient (Wildman–Crippen LogP) is 8.04. The molecule has 2 aromatic heterocycles. The third-order valence-electron chi connectivity index (χ3n) is 6.88. The highest BCUT2D eigenvalue weighted by Crippen LogP contribution is 2.33. The van der Waals surface area contributed by atoms with Gasteiger partial charge in [0.2, 0.25) is 0 Å². The summed E-state index contributed by atoms with van der Waals surface area (Å²) in [5.74, 6) is 0. The molecular formula is C36H46O6S2. The van der Waals surface area contributed by atoms with E-state index in [1.165, 1.54) is 41.8 Å². The Kier molecular flexibility index (Phi) is 16.1. The first-order chi connectivity index (χ1) is 21.8. The Hall–Kier alpha value is -2.40. The summed E-state index contributed by atoms with van der Waals surface area (Å²) < 4.78 is 33.0. The first-order valence-corrected chi connectivity index (χ1v) is 17.2. The van der Waals surface area contributed by atoms with Crippen molar-refractivity contribution in [3.63, 3.8) is 0 Å². The monoisotopic (exact) mass is 638 g/mol. The van der Waals surface area contributed by atoms with E-state index >= 15 is 0 Å². The molecular weight excluding hydrogens is 593 g/mol. The van der Waals surface area contributed by atoms with Gasteiger partial charge in [-0.05, 0) is 60.4 Å². The lowest BCUT2D eigenvalue weighted by atomic mass is 10.0. The summed E-state index contributed by atoms with van der Waals surface area (Å²) in [6.07, 6.45) is 1.83. The van der Waals surface area contributed by atoms with Crippen LogP contribution < -0.4 is 0 Å². The van der Waals surface area contributed by atoms with E-state index in [1.807, 2.05) is 36.5 Å². The fraction of sp³-hybridized carbons (Fsp3) is 0.444. The third kappa shape index (κ3) is 12.2. The number of ether oxygens (including phenoxy) is 6. The van der Waals surface area contributed by atoms with E-state index in [2.05, 4.69) is 72.8 Å². The van der Waals surface area contributed by atoms with E-state index in [4.69, 9.17) is 28.4 Å². The minimum atomic E-state index is 0.607. The summed E-state index contributed by atoms with van der Waals surface area (Å²) in [4.78, 5) is 5.23. The van der Waals surface area contributed by atoms with Gasteiger partial charge in [-0.1, -0.05) is 48.5 Å². The molecule has 238 valence electrons. The highest BCUT2D eigenvalue weighted by atomic mass is 32.1. The Balaban J connectivity index is 1.17. The van der Waals surface area contributed by atoms with Crippen LogP contribution in [-0.4, -0.2) is 79.3 Å². The minimum Gasteiger partial charge on any atom is -0.379 e. The van der Waals surface area contributed by atoms with E-state index in [1.54, 1.807) is 0 Å². The minimum absolute atomic E-state index is 0.607. The lowest BCUT2D eigenvalue weighted by Gasteiger charge is -2.06. The molecule has 0 aliphatic carbocycles. The molecule has 4 rings (SSSR count). The molecule has 0 fully saturated rings. The van der Waals surface area contributed by atoms with Gasteiger partial charge in [0.15, 0.2) is 0 Å². The molecule has 0 aliphatic rings. The van der Waals surface area contributed by atoms with E-state index in [0.717, 1.165) is 26.1 Å². The van der Waals surface area contributed by atoms with Crippen LogP contribution in [0, 0.1) is 0 Å². The van der Waals surface area contributed by atoms with Crippen LogP contribution in [0.15, 0.2) is 72.8 Å². The van der Waals surface area contributed by atoms with Crippen LogP contribution in [0.2, 0.25) is 0 Å². The van der Waals surface area contributed by atoms with Gasteiger partial charge in [0.25, 0.3) is 0 Å². The van der Waals surface area contributed by atoms with Crippen molar-refractivity contribution < 1.29 is 28.4 Å². The zero-order chi connectivity index (χ0) is 30.7. The lowest BCUT2D eigenvalue weighted by molar-refractivity contribution is 0.0176. The fourth-order valence-electron chi connectivity index (χ4n) is 4.50. The molecule has 44 heavy (non-hydrogen) atoms. The molecule has 0 atom stereocenters. The molecule has 2 aromatic carbocycles. The summed E-state index contributed by atoms with van der Waals surface area (Å²) >= 11 is 3.67. The second-order valence-electron chi connectivity index (χ2n) is 10.0. The Morgan fingerprint density at radius 3 is 1.05 bits per heavy atom. The van der Waals surface area contributed by atoms with Gasteiger partial charge in [0.05, 0.1) is 66.1 Å². The maximum absolute atomic E-state index is 5.73. The molecule has 0 saturated heterocycles. The summed E-state index contributed by atoms with van der Waals surface area (Å²) in [6.45, 7) is 11.8. The average Bonchev–Trinajstić information content (AvgIpc) is 3.74. The Labute approximate surface area is 270 Å². The van der Waals surface area contributed by atoms with Gasteiger partial charge in [-0.15, -0.1) is 22.7 Å². The molecule has 0 amide bonds. The molecule has 0 unspecified atom stereocenters.